The Morgan fingerprint density at radius 3 is 1.72 bits per heavy atom. The first kappa shape index (κ1) is 28.6. The number of rotatable bonds is 5. The molecule has 3 heterocycles. The molecule has 0 unspecified atom stereocenters. The molecule has 0 atom stereocenters. The summed E-state index contributed by atoms with van der Waals surface area (Å²) in [5, 5.41) is 4.95. The average Bonchev–Trinajstić information content (AvgIpc) is 3.74. The molecule has 0 aliphatic heterocycles. The van der Waals surface area contributed by atoms with E-state index in [0.29, 0.717) is 17.5 Å². The average molecular weight is 657 g/mol. The maximum atomic E-state index is 5.11. The van der Waals surface area contributed by atoms with Crippen LogP contribution in [-0.4, -0.2) is 19.5 Å². The van der Waals surface area contributed by atoms with Gasteiger partial charge in [0, 0.05) is 53.3 Å². The van der Waals surface area contributed by atoms with E-state index in [4.69, 9.17) is 15.0 Å². The van der Waals surface area contributed by atoms with Crippen molar-refractivity contribution in [1.29, 1.82) is 0 Å². The van der Waals surface area contributed by atoms with Crippen LogP contribution >= 0.6 is 11.3 Å². The monoisotopic (exact) mass is 656 g/mol. The van der Waals surface area contributed by atoms with Gasteiger partial charge in [-0.25, -0.2) is 15.0 Å². The lowest BCUT2D eigenvalue weighted by atomic mass is 10.0. The third-order valence-electron chi connectivity index (χ3n) is 9.47. The zero-order chi connectivity index (χ0) is 33.0. The van der Waals surface area contributed by atoms with Crippen LogP contribution in [-0.2, 0) is 0 Å². The molecule has 0 N–H and O–H groups in total. The van der Waals surface area contributed by atoms with Crippen LogP contribution in [0.5, 0.6) is 0 Å². The minimum atomic E-state index is 0.645. The molecule has 0 aliphatic carbocycles. The summed E-state index contributed by atoms with van der Waals surface area (Å²) in [5.41, 5.74) is 8.69. The number of benzene rings is 7. The molecule has 5 heteroatoms. The van der Waals surface area contributed by atoms with Gasteiger partial charge in [-0.3, -0.25) is 0 Å². The van der Waals surface area contributed by atoms with Crippen LogP contribution in [0.2, 0.25) is 0 Å². The van der Waals surface area contributed by atoms with Crippen LogP contribution in [0.1, 0.15) is 0 Å². The first-order valence-electron chi connectivity index (χ1n) is 16.7. The molecule has 0 radical (unpaired) electrons. The van der Waals surface area contributed by atoms with Gasteiger partial charge in [0.25, 0.3) is 0 Å². The molecular formula is C45H28N4S. The summed E-state index contributed by atoms with van der Waals surface area (Å²) in [4.78, 5) is 15.2. The fraction of sp³-hybridized carbons (Fsp3) is 0. The predicted molar refractivity (Wildman–Crippen MR) is 209 cm³/mol. The number of thiophene rings is 1. The lowest BCUT2D eigenvalue weighted by Crippen LogP contribution is -2.00. The van der Waals surface area contributed by atoms with Crippen LogP contribution in [0.25, 0.3) is 93.0 Å². The quantitative estimate of drug-likeness (QED) is 0.185. The van der Waals surface area contributed by atoms with Crippen LogP contribution in [0.15, 0.2) is 170 Å². The third-order valence-corrected chi connectivity index (χ3v) is 10.7. The van der Waals surface area contributed by atoms with Gasteiger partial charge < -0.3 is 4.57 Å². The minimum absolute atomic E-state index is 0.645. The van der Waals surface area contributed by atoms with Gasteiger partial charge in [0.1, 0.15) is 0 Å². The summed E-state index contributed by atoms with van der Waals surface area (Å²) >= 11 is 1.85. The highest BCUT2D eigenvalue weighted by Gasteiger charge is 2.17. The van der Waals surface area contributed by atoms with Gasteiger partial charge in [0.15, 0.2) is 17.5 Å². The van der Waals surface area contributed by atoms with E-state index >= 15 is 0 Å². The molecule has 50 heavy (non-hydrogen) atoms. The number of nitrogens with zero attached hydrogens (tertiary/aromatic N) is 4. The smallest absolute Gasteiger partial charge is 0.164 e. The molecule has 0 amide bonds. The number of hydrogen-bond donors (Lipinski definition) is 0. The fourth-order valence-corrected chi connectivity index (χ4v) is 8.33. The number of fused-ring (bicyclic) bond motifs is 6. The van der Waals surface area contributed by atoms with Crippen molar-refractivity contribution in [1.82, 2.24) is 19.5 Å². The lowest BCUT2D eigenvalue weighted by Gasteiger charge is -2.10. The van der Waals surface area contributed by atoms with E-state index in [2.05, 4.69) is 144 Å². The highest BCUT2D eigenvalue weighted by atomic mass is 32.1. The van der Waals surface area contributed by atoms with Gasteiger partial charge in [-0.15, -0.1) is 11.3 Å². The molecule has 0 fully saturated rings. The van der Waals surface area contributed by atoms with Gasteiger partial charge in [-0.2, -0.15) is 0 Å². The Bertz CT molecular complexity index is 2850. The molecule has 3 aromatic heterocycles. The normalized spacial score (nSPS) is 11.6. The van der Waals surface area contributed by atoms with Crippen molar-refractivity contribution in [3.63, 3.8) is 0 Å². The van der Waals surface area contributed by atoms with Crippen molar-refractivity contribution in [3.05, 3.63) is 170 Å². The lowest BCUT2D eigenvalue weighted by molar-refractivity contribution is 1.07. The minimum Gasteiger partial charge on any atom is -0.309 e. The second kappa shape index (κ2) is 11.6. The Kier molecular flexibility index (Phi) is 6.64. The maximum absolute atomic E-state index is 5.11. The highest BCUT2D eigenvalue weighted by Crippen LogP contribution is 2.40. The molecule has 0 saturated heterocycles. The van der Waals surface area contributed by atoms with Crippen molar-refractivity contribution >= 4 is 53.3 Å². The van der Waals surface area contributed by atoms with Crippen molar-refractivity contribution < 1.29 is 0 Å². The van der Waals surface area contributed by atoms with E-state index in [9.17, 15) is 0 Å². The Morgan fingerprint density at radius 2 is 0.940 bits per heavy atom. The van der Waals surface area contributed by atoms with Crippen molar-refractivity contribution in [3.8, 4) is 51.0 Å². The fourth-order valence-electron chi connectivity index (χ4n) is 7.09. The SMILES string of the molecule is c1ccc(-c2nc(-c3ccc(-c4cccc5c4sc4ccccc45)cc3)nc(-c3ccc4c(c3)c3ccccc3n4-c3ccccc3)n2)cc1. The van der Waals surface area contributed by atoms with Crippen LogP contribution in [0.4, 0.5) is 0 Å². The van der Waals surface area contributed by atoms with Gasteiger partial charge in [-0.05, 0) is 53.6 Å². The van der Waals surface area contributed by atoms with Crippen LogP contribution in [0, 0.1) is 0 Å². The Balaban J connectivity index is 1.11. The molecule has 0 saturated carbocycles. The second-order valence-corrected chi connectivity index (χ2v) is 13.5. The van der Waals surface area contributed by atoms with E-state index in [-0.39, 0.29) is 0 Å². The van der Waals surface area contributed by atoms with E-state index < -0.39 is 0 Å². The molecule has 7 aromatic carbocycles. The molecule has 0 aliphatic rings. The van der Waals surface area contributed by atoms with E-state index in [1.54, 1.807) is 0 Å². The first-order valence-corrected chi connectivity index (χ1v) is 17.5. The zero-order valence-electron chi connectivity index (χ0n) is 26.9. The van der Waals surface area contributed by atoms with E-state index in [1.807, 2.05) is 41.7 Å². The summed E-state index contributed by atoms with van der Waals surface area (Å²) in [7, 11) is 0. The zero-order valence-corrected chi connectivity index (χ0v) is 27.7. The maximum Gasteiger partial charge on any atom is 0.164 e. The van der Waals surface area contributed by atoms with Crippen molar-refractivity contribution in [2.45, 2.75) is 0 Å². The largest absolute Gasteiger partial charge is 0.309 e. The molecular weight excluding hydrogens is 629 g/mol. The van der Waals surface area contributed by atoms with Crippen molar-refractivity contribution in [2.75, 3.05) is 0 Å². The highest BCUT2D eigenvalue weighted by molar-refractivity contribution is 7.26. The standard InChI is InChI=1S/C45H28N4S/c1-3-12-30(13-4-1)43-46-44(31-24-22-29(23-25-31)34-18-11-19-37-36-17-8-10-21-41(36)50-42(34)37)48-45(47-43)32-26-27-40-38(28-32)35-16-7-9-20-39(35)49(40)33-14-5-2-6-15-33/h1-28H. The summed E-state index contributed by atoms with van der Waals surface area (Å²) in [6, 6.07) is 59.6. The molecule has 0 spiro atoms. The summed E-state index contributed by atoms with van der Waals surface area (Å²) < 4.78 is 4.93. The Hall–Kier alpha value is -6.43. The molecule has 234 valence electrons. The number of aromatic nitrogens is 4. The molecule has 10 rings (SSSR count). The summed E-state index contributed by atoms with van der Waals surface area (Å²) in [6.45, 7) is 0. The Morgan fingerprint density at radius 1 is 0.380 bits per heavy atom. The van der Waals surface area contributed by atoms with E-state index in [1.165, 1.54) is 42.2 Å². The summed E-state index contributed by atoms with van der Waals surface area (Å²) in [5.74, 6) is 1.94. The summed E-state index contributed by atoms with van der Waals surface area (Å²) in [6.07, 6.45) is 0. The van der Waals surface area contributed by atoms with Gasteiger partial charge in [-0.1, -0.05) is 127 Å². The molecule has 10 aromatic rings. The van der Waals surface area contributed by atoms with Gasteiger partial charge in [0.2, 0.25) is 0 Å². The number of hydrogen-bond acceptors (Lipinski definition) is 4. The second-order valence-electron chi connectivity index (χ2n) is 12.5. The third kappa shape index (κ3) is 4.71. The predicted octanol–water partition coefficient (Wildman–Crippen LogP) is 12.0. The Labute approximate surface area is 292 Å². The van der Waals surface area contributed by atoms with Crippen LogP contribution in [0.3, 0.4) is 0 Å². The number of para-hydroxylation sites is 2. The van der Waals surface area contributed by atoms with E-state index in [0.717, 1.165) is 33.3 Å². The first-order chi connectivity index (χ1) is 24.8. The van der Waals surface area contributed by atoms with Crippen molar-refractivity contribution in [2.24, 2.45) is 0 Å². The van der Waals surface area contributed by atoms with Gasteiger partial charge >= 0.3 is 0 Å². The topological polar surface area (TPSA) is 43.6 Å². The molecule has 0 bridgehead atoms. The van der Waals surface area contributed by atoms with Gasteiger partial charge in [0.05, 0.1) is 11.0 Å². The van der Waals surface area contributed by atoms with Crippen LogP contribution < -0.4 is 0 Å². The molecule has 4 nitrogen and oxygen atoms in total.